The van der Waals surface area contributed by atoms with Gasteiger partial charge >= 0.3 is 5.97 Å². The molecule has 0 fully saturated rings. The van der Waals surface area contributed by atoms with E-state index in [0.717, 1.165) is 12.2 Å². The van der Waals surface area contributed by atoms with Crippen LogP contribution in [0.1, 0.15) is 47.1 Å². The number of benzene rings is 1. The van der Waals surface area contributed by atoms with Crippen LogP contribution >= 0.6 is 0 Å². The molecule has 0 saturated heterocycles. The molecule has 1 N–H and O–H groups in total. The summed E-state index contributed by atoms with van der Waals surface area (Å²) >= 11 is 0. The zero-order valence-corrected chi connectivity index (χ0v) is 14.2. The second-order valence-corrected chi connectivity index (χ2v) is 7.33. The Morgan fingerprint density at radius 1 is 1.10 bits per heavy atom. The van der Waals surface area contributed by atoms with Gasteiger partial charge in [-0.05, 0) is 29.0 Å². The van der Waals surface area contributed by atoms with Crippen molar-refractivity contribution in [2.45, 2.75) is 47.0 Å². The lowest BCUT2D eigenvalue weighted by Gasteiger charge is -2.29. The summed E-state index contributed by atoms with van der Waals surface area (Å²) in [7, 11) is 0. The number of hydrogen-bond donors (Lipinski definition) is 1. The van der Waals surface area contributed by atoms with Crippen molar-refractivity contribution in [3.05, 3.63) is 29.8 Å². The maximum Gasteiger partial charge on any atom is 0.308 e. The Bertz CT molecular complexity index is 457. The minimum absolute atomic E-state index is 0.135. The van der Waals surface area contributed by atoms with E-state index >= 15 is 0 Å². The lowest BCUT2D eigenvalue weighted by Crippen LogP contribution is -2.34. The molecular weight excluding hydrogens is 262 g/mol. The number of rotatable bonds is 6. The van der Waals surface area contributed by atoms with E-state index in [1.807, 2.05) is 0 Å². The summed E-state index contributed by atoms with van der Waals surface area (Å²) in [5, 5.41) is 9.14. The lowest BCUT2D eigenvalue weighted by atomic mass is 9.87. The van der Waals surface area contributed by atoms with Gasteiger partial charge in [-0.15, -0.1) is 0 Å². The first-order chi connectivity index (χ1) is 9.61. The maximum atomic E-state index is 11.1. The van der Waals surface area contributed by atoms with Crippen LogP contribution in [0.25, 0.3) is 0 Å². The number of aliphatic carboxylic acids is 1. The minimum atomic E-state index is -0.741. The zero-order valence-electron chi connectivity index (χ0n) is 14.2. The Kier molecular flexibility index (Phi) is 5.82. The van der Waals surface area contributed by atoms with Gasteiger partial charge in [0.1, 0.15) is 0 Å². The topological polar surface area (TPSA) is 40.5 Å². The van der Waals surface area contributed by atoms with Crippen molar-refractivity contribution in [1.29, 1.82) is 0 Å². The van der Waals surface area contributed by atoms with Gasteiger partial charge < -0.3 is 10.0 Å². The summed E-state index contributed by atoms with van der Waals surface area (Å²) in [5.74, 6) is -0.616. The van der Waals surface area contributed by atoms with Gasteiger partial charge in [0.25, 0.3) is 0 Å². The van der Waals surface area contributed by atoms with E-state index in [9.17, 15) is 4.79 Å². The zero-order chi connectivity index (χ0) is 16.2. The molecule has 1 unspecified atom stereocenters. The molecule has 0 aliphatic heterocycles. The largest absolute Gasteiger partial charge is 0.481 e. The predicted molar refractivity (Wildman–Crippen MR) is 89.0 cm³/mol. The van der Waals surface area contributed by atoms with Crippen molar-refractivity contribution in [3.63, 3.8) is 0 Å². The minimum Gasteiger partial charge on any atom is -0.481 e. The quantitative estimate of drug-likeness (QED) is 0.855. The van der Waals surface area contributed by atoms with Crippen molar-refractivity contribution in [3.8, 4) is 0 Å². The molecule has 21 heavy (non-hydrogen) atoms. The molecule has 1 rings (SSSR count). The Labute approximate surface area is 129 Å². The van der Waals surface area contributed by atoms with E-state index in [0.29, 0.717) is 12.5 Å². The predicted octanol–water partition coefficient (Wildman–Crippen LogP) is 4.17. The average molecular weight is 291 g/mol. The monoisotopic (exact) mass is 291 g/mol. The Balaban J connectivity index is 2.95. The van der Waals surface area contributed by atoms with Gasteiger partial charge in [0.2, 0.25) is 0 Å². The standard InChI is InChI=1S/C18H29NO2/c1-13(2)11-19(12-14(3)17(20)21)16-9-7-15(8-10-16)18(4,5)6/h7-10,13-14H,11-12H2,1-6H3,(H,20,21). The summed E-state index contributed by atoms with van der Waals surface area (Å²) in [6, 6.07) is 8.51. The third-order valence-electron chi connectivity index (χ3n) is 3.60. The second kappa shape index (κ2) is 6.97. The number of anilines is 1. The maximum absolute atomic E-state index is 11.1. The third kappa shape index (κ3) is 5.41. The van der Waals surface area contributed by atoms with Crippen LogP contribution in [0.15, 0.2) is 24.3 Å². The van der Waals surface area contributed by atoms with Gasteiger partial charge in [-0.1, -0.05) is 53.7 Å². The van der Waals surface area contributed by atoms with Crippen LogP contribution in [-0.4, -0.2) is 24.2 Å². The molecule has 0 amide bonds. The van der Waals surface area contributed by atoms with E-state index in [4.69, 9.17) is 5.11 Å². The van der Waals surface area contributed by atoms with Crippen LogP contribution in [0.4, 0.5) is 5.69 Å². The first kappa shape index (κ1) is 17.5. The molecule has 0 spiro atoms. The highest BCUT2D eigenvalue weighted by molar-refractivity contribution is 5.70. The van der Waals surface area contributed by atoms with Crippen molar-refractivity contribution in [2.24, 2.45) is 11.8 Å². The van der Waals surface area contributed by atoms with Gasteiger partial charge in [-0.2, -0.15) is 0 Å². The first-order valence-electron chi connectivity index (χ1n) is 7.69. The van der Waals surface area contributed by atoms with Gasteiger partial charge in [0.05, 0.1) is 5.92 Å². The molecule has 1 atom stereocenters. The van der Waals surface area contributed by atoms with Crippen molar-refractivity contribution in [2.75, 3.05) is 18.0 Å². The average Bonchev–Trinajstić information content (AvgIpc) is 2.36. The molecule has 0 radical (unpaired) electrons. The van der Waals surface area contributed by atoms with Crippen molar-refractivity contribution in [1.82, 2.24) is 0 Å². The van der Waals surface area contributed by atoms with E-state index in [-0.39, 0.29) is 11.3 Å². The molecule has 1 aromatic rings. The second-order valence-electron chi connectivity index (χ2n) is 7.33. The summed E-state index contributed by atoms with van der Waals surface area (Å²) in [5.41, 5.74) is 2.53. The van der Waals surface area contributed by atoms with Crippen molar-refractivity contribution < 1.29 is 9.90 Å². The summed E-state index contributed by atoms with van der Waals surface area (Å²) in [6.07, 6.45) is 0. The van der Waals surface area contributed by atoms with Crippen LogP contribution < -0.4 is 4.90 Å². The smallest absolute Gasteiger partial charge is 0.308 e. The van der Waals surface area contributed by atoms with Gasteiger partial charge in [-0.3, -0.25) is 4.79 Å². The van der Waals surface area contributed by atoms with Crippen LogP contribution in [0.2, 0.25) is 0 Å². The highest BCUT2D eigenvalue weighted by Crippen LogP contribution is 2.25. The van der Waals surface area contributed by atoms with Crippen LogP contribution in [0.5, 0.6) is 0 Å². The number of carbonyl (C=O) groups is 1. The molecule has 118 valence electrons. The fourth-order valence-electron chi connectivity index (χ4n) is 2.31. The molecule has 0 saturated carbocycles. The molecule has 0 heterocycles. The van der Waals surface area contributed by atoms with Crippen molar-refractivity contribution >= 4 is 11.7 Å². The molecule has 0 bridgehead atoms. The van der Waals surface area contributed by atoms with Crippen LogP contribution in [0.3, 0.4) is 0 Å². The van der Waals surface area contributed by atoms with Crippen LogP contribution in [-0.2, 0) is 10.2 Å². The van der Waals surface area contributed by atoms with Gasteiger partial charge in [0.15, 0.2) is 0 Å². The molecular formula is C18H29NO2. The number of carboxylic acid groups (broad SMARTS) is 1. The SMILES string of the molecule is CC(C)CN(CC(C)C(=O)O)c1ccc(C(C)(C)C)cc1. The van der Waals surface area contributed by atoms with E-state index < -0.39 is 5.97 Å². The van der Waals surface area contributed by atoms with E-state index in [2.05, 4.69) is 63.8 Å². The normalized spacial score (nSPS) is 13.3. The molecule has 1 aromatic carbocycles. The van der Waals surface area contributed by atoms with Gasteiger partial charge in [-0.25, -0.2) is 0 Å². The Morgan fingerprint density at radius 3 is 2.00 bits per heavy atom. The van der Waals surface area contributed by atoms with E-state index in [1.165, 1.54) is 5.56 Å². The highest BCUT2D eigenvalue weighted by Gasteiger charge is 2.19. The Morgan fingerprint density at radius 2 is 1.62 bits per heavy atom. The Hall–Kier alpha value is -1.51. The number of carboxylic acids is 1. The molecule has 3 heteroatoms. The van der Waals surface area contributed by atoms with Gasteiger partial charge in [0, 0.05) is 18.8 Å². The van der Waals surface area contributed by atoms with E-state index in [1.54, 1.807) is 6.92 Å². The first-order valence-corrected chi connectivity index (χ1v) is 7.69. The summed E-state index contributed by atoms with van der Waals surface area (Å²) in [4.78, 5) is 13.3. The molecule has 0 aliphatic carbocycles. The molecule has 3 nitrogen and oxygen atoms in total. The lowest BCUT2D eigenvalue weighted by molar-refractivity contribution is -0.140. The number of nitrogens with zero attached hydrogens (tertiary/aromatic N) is 1. The third-order valence-corrected chi connectivity index (χ3v) is 3.60. The molecule has 0 aromatic heterocycles. The van der Waals surface area contributed by atoms with Crippen LogP contribution in [0, 0.1) is 11.8 Å². The fraction of sp³-hybridized carbons (Fsp3) is 0.611. The highest BCUT2D eigenvalue weighted by atomic mass is 16.4. The summed E-state index contributed by atoms with van der Waals surface area (Å²) < 4.78 is 0. The summed E-state index contributed by atoms with van der Waals surface area (Å²) in [6.45, 7) is 14.1. The fourth-order valence-corrected chi connectivity index (χ4v) is 2.31. The molecule has 0 aliphatic rings. The number of hydrogen-bond acceptors (Lipinski definition) is 2.